The molecule has 1 unspecified atom stereocenters. The van der Waals surface area contributed by atoms with Crippen LogP contribution in [0.2, 0.25) is 0 Å². The minimum atomic E-state index is 0.175. The van der Waals surface area contributed by atoms with E-state index >= 15 is 0 Å². The van der Waals surface area contributed by atoms with Gasteiger partial charge in [0.1, 0.15) is 0 Å². The third-order valence-corrected chi connectivity index (χ3v) is 5.35. The SMILES string of the molecule is CCNC(=NCC1CCCN1Cc1ccccc1)NCCCC(=O)NC1CC1. The second-order valence-electron chi connectivity index (χ2n) is 7.84. The van der Waals surface area contributed by atoms with Gasteiger partial charge in [-0.25, -0.2) is 0 Å². The second-order valence-corrected chi connectivity index (χ2v) is 7.84. The first-order valence-electron chi connectivity index (χ1n) is 10.8. The second kappa shape index (κ2) is 11.1. The molecule has 1 saturated heterocycles. The van der Waals surface area contributed by atoms with E-state index in [2.05, 4.69) is 58.1 Å². The number of carbonyl (C=O) groups excluding carboxylic acids is 1. The lowest BCUT2D eigenvalue weighted by Gasteiger charge is -2.23. The Bertz CT molecular complexity index is 629. The van der Waals surface area contributed by atoms with Crippen LogP contribution in [0.1, 0.15) is 51.0 Å². The summed E-state index contributed by atoms with van der Waals surface area (Å²) in [6, 6.07) is 11.6. The fourth-order valence-corrected chi connectivity index (χ4v) is 3.65. The molecule has 1 aliphatic carbocycles. The van der Waals surface area contributed by atoms with E-state index in [1.54, 1.807) is 0 Å². The Morgan fingerprint density at radius 1 is 1.18 bits per heavy atom. The minimum Gasteiger partial charge on any atom is -0.357 e. The maximum atomic E-state index is 11.8. The van der Waals surface area contributed by atoms with Gasteiger partial charge in [-0.2, -0.15) is 0 Å². The molecule has 1 amide bonds. The zero-order chi connectivity index (χ0) is 19.6. The number of benzene rings is 1. The van der Waals surface area contributed by atoms with Crippen molar-refractivity contribution in [2.75, 3.05) is 26.2 Å². The van der Waals surface area contributed by atoms with Crippen LogP contribution in [-0.2, 0) is 11.3 Å². The predicted molar refractivity (Wildman–Crippen MR) is 114 cm³/mol. The Labute approximate surface area is 169 Å². The normalized spacial score (nSPS) is 20.2. The van der Waals surface area contributed by atoms with Crippen LogP contribution in [0.15, 0.2) is 35.3 Å². The Balaban J connectivity index is 1.41. The van der Waals surface area contributed by atoms with Crippen molar-refractivity contribution in [1.29, 1.82) is 0 Å². The van der Waals surface area contributed by atoms with E-state index in [1.807, 2.05) is 0 Å². The van der Waals surface area contributed by atoms with Crippen LogP contribution < -0.4 is 16.0 Å². The molecule has 0 spiro atoms. The number of guanidine groups is 1. The average Bonchev–Trinajstić information content (AvgIpc) is 3.41. The summed E-state index contributed by atoms with van der Waals surface area (Å²) < 4.78 is 0. The smallest absolute Gasteiger partial charge is 0.220 e. The lowest BCUT2D eigenvalue weighted by atomic mass is 10.2. The molecule has 1 atom stereocenters. The van der Waals surface area contributed by atoms with Crippen molar-refractivity contribution >= 4 is 11.9 Å². The quantitative estimate of drug-likeness (QED) is 0.328. The fraction of sp³-hybridized carbons (Fsp3) is 0.636. The topological polar surface area (TPSA) is 68.8 Å². The van der Waals surface area contributed by atoms with Gasteiger partial charge in [-0.05, 0) is 51.1 Å². The summed E-state index contributed by atoms with van der Waals surface area (Å²) in [5.41, 5.74) is 1.37. The number of rotatable bonds is 10. The van der Waals surface area contributed by atoms with E-state index in [1.165, 1.54) is 18.4 Å². The van der Waals surface area contributed by atoms with Crippen molar-refractivity contribution in [1.82, 2.24) is 20.9 Å². The van der Waals surface area contributed by atoms with E-state index in [0.29, 0.717) is 18.5 Å². The van der Waals surface area contributed by atoms with Crippen LogP contribution in [0.3, 0.4) is 0 Å². The number of carbonyl (C=O) groups is 1. The molecule has 6 nitrogen and oxygen atoms in total. The van der Waals surface area contributed by atoms with Gasteiger partial charge in [0.2, 0.25) is 5.91 Å². The number of hydrogen-bond acceptors (Lipinski definition) is 3. The van der Waals surface area contributed by atoms with Gasteiger partial charge in [0.05, 0.1) is 6.54 Å². The number of likely N-dealkylation sites (tertiary alicyclic amines) is 1. The maximum Gasteiger partial charge on any atom is 0.220 e. The molecular formula is C22H35N5O. The molecule has 154 valence electrons. The van der Waals surface area contributed by atoms with E-state index < -0.39 is 0 Å². The number of amides is 1. The molecule has 2 aliphatic rings. The number of nitrogens with one attached hydrogen (secondary N) is 3. The molecule has 1 aromatic carbocycles. The molecule has 1 saturated carbocycles. The lowest BCUT2D eigenvalue weighted by Crippen LogP contribution is -2.39. The molecule has 0 radical (unpaired) electrons. The van der Waals surface area contributed by atoms with Crippen LogP contribution in [0.25, 0.3) is 0 Å². The lowest BCUT2D eigenvalue weighted by molar-refractivity contribution is -0.121. The van der Waals surface area contributed by atoms with Crippen molar-refractivity contribution < 1.29 is 4.79 Å². The summed E-state index contributed by atoms with van der Waals surface area (Å²) in [5, 5.41) is 9.73. The molecule has 1 aliphatic heterocycles. The highest BCUT2D eigenvalue weighted by Gasteiger charge is 2.24. The highest BCUT2D eigenvalue weighted by atomic mass is 16.1. The zero-order valence-electron chi connectivity index (χ0n) is 17.1. The van der Waals surface area contributed by atoms with Crippen molar-refractivity contribution in [3.05, 3.63) is 35.9 Å². The standard InChI is InChI=1S/C22H35N5O/c1-2-23-22(24-14-6-11-21(28)26-19-12-13-19)25-16-20-10-7-15-27(20)17-18-8-4-3-5-9-18/h3-5,8-9,19-20H,2,6-7,10-17H2,1H3,(H,26,28)(H2,23,24,25). The summed E-state index contributed by atoms with van der Waals surface area (Å²) >= 11 is 0. The van der Waals surface area contributed by atoms with Crippen molar-refractivity contribution in [2.24, 2.45) is 4.99 Å². The highest BCUT2D eigenvalue weighted by Crippen LogP contribution is 2.20. The molecular weight excluding hydrogens is 350 g/mol. The summed E-state index contributed by atoms with van der Waals surface area (Å²) in [4.78, 5) is 19.1. The molecule has 0 bridgehead atoms. The Morgan fingerprint density at radius 2 is 2.00 bits per heavy atom. The third kappa shape index (κ3) is 7.15. The highest BCUT2D eigenvalue weighted by molar-refractivity contribution is 5.80. The number of aliphatic imine (C=N–C) groups is 1. The van der Waals surface area contributed by atoms with Gasteiger partial charge in [-0.15, -0.1) is 0 Å². The van der Waals surface area contributed by atoms with Crippen molar-refractivity contribution in [3.8, 4) is 0 Å². The zero-order valence-corrected chi connectivity index (χ0v) is 17.1. The number of hydrogen-bond donors (Lipinski definition) is 3. The minimum absolute atomic E-state index is 0.175. The van der Waals surface area contributed by atoms with Crippen molar-refractivity contribution in [3.63, 3.8) is 0 Å². The van der Waals surface area contributed by atoms with Gasteiger partial charge in [0, 0.05) is 38.1 Å². The maximum absolute atomic E-state index is 11.8. The van der Waals surface area contributed by atoms with Gasteiger partial charge in [-0.1, -0.05) is 30.3 Å². The monoisotopic (exact) mass is 385 g/mol. The first-order valence-corrected chi connectivity index (χ1v) is 10.8. The Hall–Kier alpha value is -2.08. The average molecular weight is 386 g/mol. The molecule has 28 heavy (non-hydrogen) atoms. The van der Waals surface area contributed by atoms with Gasteiger partial charge in [-0.3, -0.25) is 14.7 Å². The van der Waals surface area contributed by atoms with E-state index in [0.717, 1.165) is 57.9 Å². The number of nitrogens with zero attached hydrogens (tertiary/aromatic N) is 2. The summed E-state index contributed by atoms with van der Waals surface area (Å²) in [5.74, 6) is 1.03. The first-order chi connectivity index (χ1) is 13.7. The predicted octanol–water partition coefficient (Wildman–Crippen LogP) is 2.26. The van der Waals surface area contributed by atoms with Crippen LogP contribution in [0.5, 0.6) is 0 Å². The Kier molecular flexibility index (Phi) is 8.15. The van der Waals surface area contributed by atoms with Crippen LogP contribution in [0, 0.1) is 0 Å². The van der Waals surface area contributed by atoms with Crippen molar-refractivity contribution in [2.45, 2.75) is 64.1 Å². The van der Waals surface area contributed by atoms with Crippen LogP contribution in [-0.4, -0.2) is 55.0 Å². The summed E-state index contributed by atoms with van der Waals surface area (Å²) in [7, 11) is 0. The van der Waals surface area contributed by atoms with Crippen LogP contribution in [0.4, 0.5) is 0 Å². The van der Waals surface area contributed by atoms with Crippen LogP contribution >= 0.6 is 0 Å². The Morgan fingerprint density at radius 3 is 2.75 bits per heavy atom. The molecule has 1 heterocycles. The van der Waals surface area contributed by atoms with E-state index in [9.17, 15) is 4.79 Å². The third-order valence-electron chi connectivity index (χ3n) is 5.35. The van der Waals surface area contributed by atoms with E-state index in [-0.39, 0.29) is 5.91 Å². The first kappa shape index (κ1) is 20.6. The van der Waals surface area contributed by atoms with Gasteiger partial charge < -0.3 is 16.0 Å². The molecule has 6 heteroatoms. The van der Waals surface area contributed by atoms with E-state index in [4.69, 9.17) is 4.99 Å². The molecule has 2 fully saturated rings. The summed E-state index contributed by atoms with van der Waals surface area (Å²) in [6.07, 6.45) is 6.14. The van der Waals surface area contributed by atoms with Gasteiger partial charge >= 0.3 is 0 Å². The largest absolute Gasteiger partial charge is 0.357 e. The molecule has 1 aromatic rings. The fourth-order valence-electron chi connectivity index (χ4n) is 3.65. The van der Waals surface area contributed by atoms with Gasteiger partial charge in [0.15, 0.2) is 5.96 Å². The molecule has 0 aromatic heterocycles. The molecule has 3 rings (SSSR count). The molecule has 3 N–H and O–H groups in total. The summed E-state index contributed by atoms with van der Waals surface area (Å²) in [6.45, 7) is 6.65. The van der Waals surface area contributed by atoms with Gasteiger partial charge in [0.25, 0.3) is 0 Å².